The zero-order chi connectivity index (χ0) is 31.4. The number of thiazole rings is 1. The average Bonchev–Trinajstić information content (AvgIpc) is 3.54. The molecule has 1 heterocycles. The third-order valence-electron chi connectivity index (χ3n) is 6.33. The molecule has 5 rings (SSSR count). The number of aromatic nitrogens is 1. The Morgan fingerprint density at radius 1 is 0.844 bits per heavy atom. The molecule has 0 aliphatic carbocycles. The van der Waals surface area contributed by atoms with Gasteiger partial charge < -0.3 is 20.7 Å². The first-order chi connectivity index (χ1) is 22.0. The van der Waals surface area contributed by atoms with Crippen LogP contribution in [0, 0.1) is 0 Å². The first kappa shape index (κ1) is 31.2. The van der Waals surface area contributed by atoms with E-state index >= 15 is 0 Å². The van der Waals surface area contributed by atoms with Crippen LogP contribution in [-0.4, -0.2) is 35.1 Å². The lowest BCUT2D eigenvalue weighted by atomic mass is 10.1. The molecule has 0 aliphatic rings. The van der Waals surface area contributed by atoms with Crippen molar-refractivity contribution in [2.45, 2.75) is 11.8 Å². The van der Waals surface area contributed by atoms with Gasteiger partial charge in [-0.05, 0) is 67.1 Å². The summed E-state index contributed by atoms with van der Waals surface area (Å²) in [7, 11) is 0. The van der Waals surface area contributed by atoms with Crippen LogP contribution in [0.2, 0.25) is 0 Å². The number of benzene rings is 4. The number of hydrogen-bond donors (Lipinski definition) is 3. The van der Waals surface area contributed by atoms with Crippen LogP contribution < -0.4 is 20.7 Å². The van der Waals surface area contributed by atoms with E-state index in [1.165, 1.54) is 23.1 Å². The molecule has 0 aliphatic heterocycles. The van der Waals surface area contributed by atoms with Crippen LogP contribution in [0.5, 0.6) is 5.75 Å². The van der Waals surface area contributed by atoms with E-state index in [4.69, 9.17) is 4.74 Å². The van der Waals surface area contributed by atoms with Gasteiger partial charge in [-0.1, -0.05) is 60.7 Å². The molecule has 5 aromatic rings. The fraction of sp³-hybridized carbons (Fsp3) is 0.0857. The smallest absolute Gasteiger partial charge is 0.272 e. The number of thioether (sulfide) groups is 1. The topological polar surface area (TPSA) is 109 Å². The number of ether oxygens (including phenoxy) is 1. The van der Waals surface area contributed by atoms with Crippen LogP contribution in [0.25, 0.3) is 17.3 Å². The van der Waals surface area contributed by atoms with Gasteiger partial charge in [0.1, 0.15) is 11.4 Å². The summed E-state index contributed by atoms with van der Waals surface area (Å²) in [6.45, 7) is 2.45. The highest BCUT2D eigenvalue weighted by molar-refractivity contribution is 8.00. The molecule has 10 heteroatoms. The van der Waals surface area contributed by atoms with E-state index in [0.29, 0.717) is 28.7 Å². The summed E-state index contributed by atoms with van der Waals surface area (Å²) < 4.78 is 5.50. The predicted octanol–water partition coefficient (Wildman–Crippen LogP) is 7.35. The molecular weight excluding hydrogens is 605 g/mol. The van der Waals surface area contributed by atoms with E-state index in [2.05, 4.69) is 20.9 Å². The number of carbonyl (C=O) groups excluding carboxylic acids is 3. The second-order valence-electron chi connectivity index (χ2n) is 9.60. The van der Waals surface area contributed by atoms with E-state index < -0.39 is 11.8 Å². The molecule has 3 amide bonds. The lowest BCUT2D eigenvalue weighted by molar-refractivity contribution is -0.114. The molecule has 3 N–H and O–H groups in total. The largest absolute Gasteiger partial charge is 0.494 e. The van der Waals surface area contributed by atoms with Crippen molar-refractivity contribution in [3.8, 4) is 17.0 Å². The van der Waals surface area contributed by atoms with Crippen molar-refractivity contribution in [1.82, 2.24) is 10.3 Å². The van der Waals surface area contributed by atoms with Gasteiger partial charge in [0.05, 0.1) is 18.1 Å². The molecule has 0 bridgehead atoms. The summed E-state index contributed by atoms with van der Waals surface area (Å²) in [4.78, 5) is 44.1. The highest BCUT2D eigenvalue weighted by atomic mass is 32.2. The summed E-state index contributed by atoms with van der Waals surface area (Å²) in [5, 5.41) is 10.9. The van der Waals surface area contributed by atoms with Gasteiger partial charge in [-0.25, -0.2) is 4.98 Å². The maximum absolute atomic E-state index is 13.3. The van der Waals surface area contributed by atoms with Crippen molar-refractivity contribution < 1.29 is 19.1 Å². The fourth-order valence-corrected chi connectivity index (χ4v) is 5.58. The molecule has 0 unspecified atom stereocenters. The number of anilines is 2. The van der Waals surface area contributed by atoms with Crippen LogP contribution in [-0.2, 0) is 9.59 Å². The van der Waals surface area contributed by atoms with Crippen LogP contribution >= 0.6 is 23.1 Å². The molecule has 0 saturated heterocycles. The highest BCUT2D eigenvalue weighted by Crippen LogP contribution is 2.26. The molecule has 0 saturated carbocycles. The van der Waals surface area contributed by atoms with Gasteiger partial charge in [0, 0.05) is 27.1 Å². The predicted molar refractivity (Wildman–Crippen MR) is 181 cm³/mol. The van der Waals surface area contributed by atoms with Gasteiger partial charge in [-0.3, -0.25) is 14.4 Å². The number of rotatable bonds is 12. The molecule has 0 fully saturated rings. The summed E-state index contributed by atoms with van der Waals surface area (Å²) in [6, 6.07) is 32.9. The van der Waals surface area contributed by atoms with Crippen molar-refractivity contribution in [1.29, 1.82) is 0 Å². The Labute approximate surface area is 269 Å². The summed E-state index contributed by atoms with van der Waals surface area (Å²) in [6.07, 6.45) is 1.61. The van der Waals surface area contributed by atoms with Gasteiger partial charge in [0.25, 0.3) is 11.8 Å². The van der Waals surface area contributed by atoms with Crippen LogP contribution in [0.4, 0.5) is 10.8 Å². The van der Waals surface area contributed by atoms with E-state index in [0.717, 1.165) is 21.7 Å². The van der Waals surface area contributed by atoms with Crippen molar-refractivity contribution in [2.75, 3.05) is 23.0 Å². The molecule has 0 radical (unpaired) electrons. The Balaban J connectivity index is 1.19. The fourth-order valence-electron chi connectivity index (χ4n) is 4.15. The van der Waals surface area contributed by atoms with E-state index in [1.807, 2.05) is 73.0 Å². The van der Waals surface area contributed by atoms with Gasteiger partial charge in [0.15, 0.2) is 5.13 Å². The standard InChI is InChI=1S/C35H30N4O4S2/c1-2-43-28-17-13-24(14-18-28)21-30(37-33(41)26-11-7-4-8-12-26)34(42)36-27-15-19-29(20-16-27)44-23-32(40)39-35-38-31(22-45-35)25-9-5-3-6-10-25/h3-22H,2,23H2,1H3,(H,36,42)(H,37,41)(H,38,39,40)/b30-21-. The molecule has 0 atom stereocenters. The number of hydrogen-bond acceptors (Lipinski definition) is 7. The van der Waals surface area contributed by atoms with Gasteiger partial charge in [0.2, 0.25) is 5.91 Å². The Hall–Kier alpha value is -5.19. The summed E-state index contributed by atoms with van der Waals surface area (Å²) in [5.41, 5.74) is 3.58. The normalized spacial score (nSPS) is 11.0. The molecule has 226 valence electrons. The summed E-state index contributed by atoms with van der Waals surface area (Å²) in [5.74, 6) is -0.130. The molecule has 8 nitrogen and oxygen atoms in total. The first-order valence-electron chi connectivity index (χ1n) is 14.1. The molecule has 0 spiro atoms. The Morgan fingerprint density at radius 3 is 2.22 bits per heavy atom. The van der Waals surface area contributed by atoms with Crippen molar-refractivity contribution in [3.05, 3.63) is 131 Å². The Bertz CT molecular complexity index is 1770. The van der Waals surface area contributed by atoms with Gasteiger partial charge in [-0.2, -0.15) is 0 Å². The SMILES string of the molecule is CCOc1ccc(/C=C(\NC(=O)c2ccccc2)C(=O)Nc2ccc(SCC(=O)Nc3nc(-c4ccccc4)cs3)cc2)cc1. The molecule has 4 aromatic carbocycles. The summed E-state index contributed by atoms with van der Waals surface area (Å²) >= 11 is 2.75. The average molecular weight is 635 g/mol. The van der Waals surface area contributed by atoms with Crippen molar-refractivity contribution in [2.24, 2.45) is 0 Å². The van der Waals surface area contributed by atoms with E-state index in [9.17, 15) is 14.4 Å². The zero-order valence-corrected chi connectivity index (χ0v) is 26.0. The highest BCUT2D eigenvalue weighted by Gasteiger charge is 2.16. The monoisotopic (exact) mass is 634 g/mol. The number of carbonyl (C=O) groups is 3. The Kier molecular flexibility index (Phi) is 10.8. The minimum atomic E-state index is -0.480. The second kappa shape index (κ2) is 15.5. The third kappa shape index (κ3) is 9.15. The number of nitrogens with zero attached hydrogens (tertiary/aromatic N) is 1. The first-order valence-corrected chi connectivity index (χ1v) is 16.0. The lowest BCUT2D eigenvalue weighted by Gasteiger charge is -2.12. The molecule has 45 heavy (non-hydrogen) atoms. The van der Waals surface area contributed by atoms with Crippen molar-refractivity contribution >= 4 is 57.7 Å². The maximum Gasteiger partial charge on any atom is 0.272 e. The minimum absolute atomic E-state index is 0.0840. The number of nitrogens with one attached hydrogen (secondary N) is 3. The quantitative estimate of drug-likeness (QED) is 0.0978. The lowest BCUT2D eigenvalue weighted by Crippen LogP contribution is -2.30. The molecule has 1 aromatic heterocycles. The van der Waals surface area contributed by atoms with E-state index in [1.54, 1.807) is 54.6 Å². The maximum atomic E-state index is 13.3. The third-order valence-corrected chi connectivity index (χ3v) is 8.10. The minimum Gasteiger partial charge on any atom is -0.494 e. The second-order valence-corrected chi connectivity index (χ2v) is 11.5. The van der Waals surface area contributed by atoms with Crippen LogP contribution in [0.15, 0.2) is 125 Å². The van der Waals surface area contributed by atoms with Crippen molar-refractivity contribution in [3.63, 3.8) is 0 Å². The Morgan fingerprint density at radius 2 is 1.53 bits per heavy atom. The zero-order valence-electron chi connectivity index (χ0n) is 24.4. The van der Waals surface area contributed by atoms with Crippen LogP contribution in [0.3, 0.4) is 0 Å². The molecular formula is C35H30N4O4S2. The van der Waals surface area contributed by atoms with Crippen LogP contribution in [0.1, 0.15) is 22.8 Å². The number of amides is 3. The van der Waals surface area contributed by atoms with Gasteiger partial charge in [-0.15, -0.1) is 23.1 Å². The van der Waals surface area contributed by atoms with E-state index in [-0.39, 0.29) is 17.4 Å². The van der Waals surface area contributed by atoms with Gasteiger partial charge >= 0.3 is 0 Å².